The second-order valence-corrected chi connectivity index (χ2v) is 8.08. The van der Waals surface area contributed by atoms with Gasteiger partial charge in [-0.15, -0.1) is 0 Å². The lowest BCUT2D eigenvalue weighted by molar-refractivity contribution is 0.260. The van der Waals surface area contributed by atoms with Gasteiger partial charge < -0.3 is 15.9 Å². The molecule has 0 aliphatic rings. The van der Waals surface area contributed by atoms with E-state index in [0.717, 1.165) is 38.8 Å². The molecule has 0 bridgehead atoms. The number of aliphatic hydroxyl groups is 2. The molecule has 0 radical (unpaired) electrons. The van der Waals surface area contributed by atoms with Gasteiger partial charge in [-0.3, -0.25) is 0 Å². The molecule has 162 valence electrons. The molecule has 0 aliphatic heterocycles. The van der Waals surface area contributed by atoms with Crippen molar-refractivity contribution in [1.29, 1.82) is 0 Å². The zero-order valence-corrected chi connectivity index (χ0v) is 18.1. The summed E-state index contributed by atoms with van der Waals surface area (Å²) >= 11 is 0. The Labute approximate surface area is 192 Å². The van der Waals surface area contributed by atoms with Crippen LogP contribution in [0.15, 0.2) is 97.1 Å². The van der Waals surface area contributed by atoms with Crippen molar-refractivity contribution < 1.29 is 10.2 Å². The summed E-state index contributed by atoms with van der Waals surface area (Å²) in [7, 11) is 0. The maximum Gasteiger partial charge on any atom is 0.131 e. The third kappa shape index (κ3) is 4.10. The average Bonchev–Trinajstić information content (AvgIpc) is 2.88. The summed E-state index contributed by atoms with van der Waals surface area (Å²) in [5.41, 5.74) is 14.7. The third-order valence-electron chi connectivity index (χ3n) is 5.96. The van der Waals surface area contributed by atoms with Crippen LogP contribution in [0.5, 0.6) is 0 Å². The number of hydrogen-bond acceptors (Lipinski definition) is 4. The lowest BCUT2D eigenvalue weighted by atomic mass is 9.93. The number of rotatable bonds is 5. The van der Waals surface area contributed by atoms with Crippen LogP contribution in [0.1, 0.15) is 11.1 Å². The van der Waals surface area contributed by atoms with Crippen molar-refractivity contribution in [2.75, 3.05) is 5.73 Å². The monoisotopic (exact) mass is 432 g/mol. The lowest BCUT2D eigenvalue weighted by Gasteiger charge is -2.14. The smallest absolute Gasteiger partial charge is 0.131 e. The van der Waals surface area contributed by atoms with E-state index in [0.29, 0.717) is 22.5 Å². The minimum absolute atomic E-state index is 0.146. The van der Waals surface area contributed by atoms with Gasteiger partial charge in [-0.1, -0.05) is 60.7 Å². The first-order valence-corrected chi connectivity index (χ1v) is 10.9. The highest BCUT2D eigenvalue weighted by molar-refractivity contribution is 5.92. The number of nitrogens with two attached hydrogens (primary N) is 1. The molecule has 0 aliphatic carbocycles. The van der Waals surface area contributed by atoms with Gasteiger partial charge in [0.2, 0.25) is 0 Å². The van der Waals surface area contributed by atoms with Crippen molar-refractivity contribution in [3.05, 3.63) is 108 Å². The predicted octanol–water partition coefficient (Wildman–Crippen LogP) is 5.80. The van der Waals surface area contributed by atoms with Crippen LogP contribution >= 0.6 is 0 Å². The maximum atomic E-state index is 9.72. The number of hydrogen-bond donors (Lipinski definition) is 3. The van der Waals surface area contributed by atoms with Gasteiger partial charge >= 0.3 is 0 Å². The molecule has 4 aromatic carbocycles. The van der Waals surface area contributed by atoms with E-state index in [1.165, 1.54) is 0 Å². The Morgan fingerprint density at radius 2 is 1.09 bits per heavy atom. The van der Waals surface area contributed by atoms with E-state index in [4.69, 9.17) is 5.73 Å². The molecule has 33 heavy (non-hydrogen) atoms. The van der Waals surface area contributed by atoms with Crippen molar-refractivity contribution in [3.63, 3.8) is 0 Å². The van der Waals surface area contributed by atoms with Gasteiger partial charge in [0.1, 0.15) is 5.82 Å². The van der Waals surface area contributed by atoms with Crippen LogP contribution in [0.4, 0.5) is 5.82 Å². The summed E-state index contributed by atoms with van der Waals surface area (Å²) < 4.78 is 0. The second-order valence-electron chi connectivity index (χ2n) is 8.08. The van der Waals surface area contributed by atoms with Crippen LogP contribution < -0.4 is 5.73 Å². The number of nitrogen functional groups attached to an aromatic ring is 1. The largest absolute Gasteiger partial charge is 0.392 e. The Morgan fingerprint density at radius 1 is 0.576 bits per heavy atom. The highest BCUT2D eigenvalue weighted by Crippen LogP contribution is 2.36. The van der Waals surface area contributed by atoms with E-state index >= 15 is 0 Å². The Hall–Kier alpha value is -3.99. The molecule has 4 heteroatoms. The number of fused-ring (bicyclic) bond motifs is 1. The van der Waals surface area contributed by atoms with Crippen LogP contribution in [-0.2, 0) is 13.2 Å². The molecule has 0 spiro atoms. The minimum Gasteiger partial charge on any atom is -0.392 e. The first-order chi connectivity index (χ1) is 16.2. The van der Waals surface area contributed by atoms with Gasteiger partial charge in [-0.2, -0.15) is 0 Å². The van der Waals surface area contributed by atoms with E-state index in [9.17, 15) is 10.2 Å². The standard InChI is InChI=1S/C29H24N2O2/c30-29-27(15-24-14-25(17-32)26(18-33)16-28(24)31-29)23-12-21(19-7-3-1-4-8-19)11-22(13-23)20-9-5-2-6-10-20/h1-16,32-33H,17-18H2,(H2,30,31). The molecule has 5 rings (SSSR count). The topological polar surface area (TPSA) is 79.4 Å². The fourth-order valence-electron chi connectivity index (χ4n) is 4.23. The number of nitrogens with zero attached hydrogens (tertiary/aromatic N) is 1. The van der Waals surface area contributed by atoms with E-state index in [1.54, 1.807) is 6.07 Å². The molecule has 4 nitrogen and oxygen atoms in total. The van der Waals surface area contributed by atoms with E-state index in [1.807, 2.05) is 48.5 Å². The molecule has 0 unspecified atom stereocenters. The number of aromatic nitrogens is 1. The quantitative estimate of drug-likeness (QED) is 0.328. The molecule has 0 fully saturated rings. The Balaban J connectivity index is 1.73. The average molecular weight is 433 g/mol. The molecular formula is C29H24N2O2. The summed E-state index contributed by atoms with van der Waals surface area (Å²) in [5, 5.41) is 20.2. The van der Waals surface area contributed by atoms with Gasteiger partial charge in [-0.05, 0) is 75.3 Å². The summed E-state index contributed by atoms with van der Waals surface area (Å²) in [6.45, 7) is -0.304. The van der Waals surface area contributed by atoms with Gasteiger partial charge in [0, 0.05) is 10.9 Å². The molecule has 1 heterocycles. The predicted molar refractivity (Wildman–Crippen MR) is 134 cm³/mol. The first-order valence-electron chi connectivity index (χ1n) is 10.9. The zero-order valence-electron chi connectivity index (χ0n) is 18.1. The highest BCUT2D eigenvalue weighted by atomic mass is 16.3. The third-order valence-corrected chi connectivity index (χ3v) is 5.96. The molecular weight excluding hydrogens is 408 g/mol. The van der Waals surface area contributed by atoms with Crippen molar-refractivity contribution in [2.24, 2.45) is 0 Å². The molecule has 0 atom stereocenters. The Bertz CT molecular complexity index is 1370. The van der Waals surface area contributed by atoms with E-state index < -0.39 is 0 Å². The minimum atomic E-state index is -0.158. The summed E-state index contributed by atoms with van der Waals surface area (Å²) in [6.07, 6.45) is 0. The van der Waals surface area contributed by atoms with Gasteiger partial charge in [-0.25, -0.2) is 4.98 Å². The van der Waals surface area contributed by atoms with Crippen molar-refractivity contribution in [2.45, 2.75) is 13.2 Å². The van der Waals surface area contributed by atoms with Crippen LogP contribution in [0.2, 0.25) is 0 Å². The van der Waals surface area contributed by atoms with E-state index in [2.05, 4.69) is 47.4 Å². The number of anilines is 1. The Kier molecular flexibility index (Phi) is 5.61. The molecule has 5 aromatic rings. The zero-order chi connectivity index (χ0) is 22.8. The van der Waals surface area contributed by atoms with Crippen molar-refractivity contribution in [1.82, 2.24) is 4.98 Å². The molecule has 0 saturated carbocycles. The van der Waals surface area contributed by atoms with Crippen molar-refractivity contribution in [3.8, 4) is 33.4 Å². The molecule has 0 amide bonds. The first kappa shape index (κ1) is 20.9. The van der Waals surface area contributed by atoms with Crippen molar-refractivity contribution >= 4 is 16.7 Å². The fourth-order valence-corrected chi connectivity index (χ4v) is 4.23. The van der Waals surface area contributed by atoms with Crippen LogP contribution in [0, 0.1) is 0 Å². The maximum absolute atomic E-state index is 9.72. The van der Waals surface area contributed by atoms with Gasteiger partial charge in [0.25, 0.3) is 0 Å². The normalized spacial score (nSPS) is 11.1. The van der Waals surface area contributed by atoms with Gasteiger partial charge in [0.05, 0.1) is 18.7 Å². The van der Waals surface area contributed by atoms with Crippen LogP contribution in [-0.4, -0.2) is 15.2 Å². The highest BCUT2D eigenvalue weighted by Gasteiger charge is 2.13. The number of pyridine rings is 1. The summed E-state index contributed by atoms with van der Waals surface area (Å²) in [5.74, 6) is 0.423. The summed E-state index contributed by atoms with van der Waals surface area (Å²) in [4.78, 5) is 4.63. The number of benzene rings is 4. The summed E-state index contributed by atoms with van der Waals surface area (Å²) in [6, 6.07) is 32.7. The SMILES string of the molecule is Nc1nc2cc(CO)c(CO)cc2cc1-c1cc(-c2ccccc2)cc(-c2ccccc2)c1. The second kappa shape index (κ2) is 8.87. The number of aliphatic hydroxyl groups excluding tert-OH is 2. The Morgan fingerprint density at radius 3 is 1.64 bits per heavy atom. The van der Waals surface area contributed by atoms with Crippen LogP contribution in [0.25, 0.3) is 44.3 Å². The molecule has 1 aromatic heterocycles. The van der Waals surface area contributed by atoms with Gasteiger partial charge in [0.15, 0.2) is 0 Å². The molecule has 4 N–H and O–H groups in total. The van der Waals surface area contributed by atoms with Crippen LogP contribution in [0.3, 0.4) is 0 Å². The van der Waals surface area contributed by atoms with E-state index in [-0.39, 0.29) is 13.2 Å². The lowest BCUT2D eigenvalue weighted by Crippen LogP contribution is -1.99. The molecule has 0 saturated heterocycles. The fraction of sp³-hybridized carbons (Fsp3) is 0.0690.